The van der Waals surface area contributed by atoms with Gasteiger partial charge in [0.2, 0.25) is 5.91 Å². The molecule has 55 heavy (non-hydrogen) atoms. The summed E-state index contributed by atoms with van der Waals surface area (Å²) in [4.78, 5) is 12.0. The zero-order valence-corrected chi connectivity index (χ0v) is 27.2. The Balaban J connectivity index is 3.84. The number of halogens is 26. The van der Waals surface area contributed by atoms with Crippen molar-refractivity contribution >= 4 is 5.91 Å². The lowest BCUT2D eigenvalue weighted by Gasteiger charge is -2.52. The topological polar surface area (TPSA) is 43.5 Å². The van der Waals surface area contributed by atoms with Crippen molar-refractivity contribution in [1.82, 2.24) is 9.96 Å². The summed E-state index contributed by atoms with van der Waals surface area (Å²) in [6, 6.07) is -2.37. The molecule has 1 saturated heterocycles. The van der Waals surface area contributed by atoms with Crippen molar-refractivity contribution in [2.75, 3.05) is 6.54 Å². The monoisotopic (exact) mass is 877 g/mol. The fraction of sp³-hybridized carbons (Fsp3) is 0.960. The maximum Gasteiger partial charge on any atom is 0.460 e. The average Bonchev–Trinajstić information content (AvgIpc) is 2.93. The Labute approximate surface area is 289 Å². The molecule has 0 aromatic rings. The van der Waals surface area contributed by atoms with Crippen LogP contribution in [0.25, 0.3) is 0 Å². The number of hydrogen-bond acceptors (Lipinski definition) is 2. The molecule has 1 fully saturated rings. The van der Waals surface area contributed by atoms with Crippen molar-refractivity contribution in [1.29, 1.82) is 0 Å². The fourth-order valence-electron chi connectivity index (χ4n) is 5.37. The molecular weight excluding hydrogens is 854 g/mol. The van der Waals surface area contributed by atoms with Crippen molar-refractivity contribution in [2.45, 2.75) is 142 Å². The summed E-state index contributed by atoms with van der Waals surface area (Å²) in [5, 5.41) is 12.7. The molecule has 0 aliphatic carbocycles. The number of hydrogen-bond donors (Lipinski definition) is 0. The van der Waals surface area contributed by atoms with Gasteiger partial charge in [-0.2, -0.15) is 114 Å². The summed E-state index contributed by atoms with van der Waals surface area (Å²) >= 11 is 0. The van der Waals surface area contributed by atoms with Crippen LogP contribution in [0.15, 0.2) is 0 Å². The van der Waals surface area contributed by atoms with E-state index in [-0.39, 0.29) is 5.06 Å². The van der Waals surface area contributed by atoms with E-state index in [9.17, 15) is 124 Å². The normalized spacial score (nSPS) is 19.8. The Morgan fingerprint density at radius 2 is 0.764 bits per heavy atom. The molecule has 1 heterocycles. The largest absolute Gasteiger partial charge is 0.460 e. The molecule has 1 amide bonds. The molecule has 1 rings (SSSR count). The molecule has 1 radical (unpaired) electrons. The highest BCUT2D eigenvalue weighted by Gasteiger charge is 2.92. The van der Waals surface area contributed by atoms with Crippen LogP contribution in [-0.4, -0.2) is 111 Å². The van der Waals surface area contributed by atoms with Gasteiger partial charge >= 0.3 is 71.6 Å². The molecule has 0 unspecified atom stereocenters. The zero-order valence-electron chi connectivity index (χ0n) is 27.2. The standard InChI is InChI=1S/C25H23F26N2O2/c1-12(2)7-10(8-13(3,4)53(12)55)52(6-5-14(26,27)16(30,31)18(34,35)20(38,39)22(42,43)24(46,47)48)11(54)9-15(28,29)17(32,33)19(36,37)21(40,41)23(44,45)25(49,50)51/h10H,5-9H2,1-4H3. The number of rotatable bonds is 14. The first kappa shape index (κ1) is 50.6. The number of hydroxylamine groups is 2. The van der Waals surface area contributed by atoms with Crippen LogP contribution in [0.3, 0.4) is 0 Å². The highest BCUT2D eigenvalue weighted by atomic mass is 19.4. The van der Waals surface area contributed by atoms with Crippen LogP contribution in [0.4, 0.5) is 114 Å². The van der Waals surface area contributed by atoms with Crippen LogP contribution in [0.2, 0.25) is 0 Å². The SMILES string of the molecule is CC1(C)CC(N(CCC(F)(F)C(F)(F)C(F)(F)C(F)(F)C(F)(F)C(F)(F)F)C(=O)CC(F)(F)C(F)(F)C(F)(F)C(F)(F)C(F)(F)C(F)(F)F)CC(C)(C)N1[O]. The van der Waals surface area contributed by atoms with Crippen LogP contribution >= 0.6 is 0 Å². The van der Waals surface area contributed by atoms with Gasteiger partial charge in [-0.25, -0.2) is 0 Å². The molecule has 327 valence electrons. The van der Waals surface area contributed by atoms with Crippen molar-refractivity contribution in [3.05, 3.63) is 0 Å². The molecular formula is C25H23F26N2O2. The predicted octanol–water partition coefficient (Wildman–Crippen LogP) is 10.4. The molecule has 0 aromatic heterocycles. The molecule has 30 heteroatoms. The molecule has 1 aliphatic heterocycles. The number of nitrogens with zero attached hydrogens (tertiary/aromatic N) is 2. The summed E-state index contributed by atoms with van der Waals surface area (Å²) in [5.74, 6) is -84.3. The van der Waals surface area contributed by atoms with E-state index in [4.69, 9.17) is 0 Å². The molecule has 0 aromatic carbocycles. The van der Waals surface area contributed by atoms with Crippen LogP contribution < -0.4 is 0 Å². The molecule has 1 aliphatic rings. The Bertz CT molecular complexity index is 1380. The second-order valence-electron chi connectivity index (χ2n) is 13.5. The van der Waals surface area contributed by atoms with E-state index in [1.54, 1.807) is 0 Å². The van der Waals surface area contributed by atoms with Gasteiger partial charge in [0.15, 0.2) is 0 Å². The minimum absolute atomic E-state index is 0.0809. The lowest BCUT2D eigenvalue weighted by atomic mass is 9.78. The van der Waals surface area contributed by atoms with Gasteiger partial charge < -0.3 is 4.90 Å². The van der Waals surface area contributed by atoms with Gasteiger partial charge in [-0.3, -0.25) is 4.79 Å². The molecule has 0 bridgehead atoms. The zero-order chi connectivity index (χ0) is 44.8. The van der Waals surface area contributed by atoms with Gasteiger partial charge in [0.25, 0.3) is 0 Å². The molecule has 4 nitrogen and oxygen atoms in total. The summed E-state index contributed by atoms with van der Waals surface area (Å²) in [6.45, 7) is 0.656. The van der Waals surface area contributed by atoms with E-state index in [1.165, 1.54) is 0 Å². The third-order valence-electron chi connectivity index (χ3n) is 8.37. The van der Waals surface area contributed by atoms with Crippen molar-refractivity contribution in [2.24, 2.45) is 0 Å². The average molecular weight is 877 g/mol. The molecule has 0 N–H and O–H groups in total. The third kappa shape index (κ3) is 7.67. The van der Waals surface area contributed by atoms with Gasteiger partial charge in [-0.05, 0) is 40.5 Å². The second kappa shape index (κ2) is 13.6. The lowest BCUT2D eigenvalue weighted by molar-refractivity contribution is -0.440. The quantitative estimate of drug-likeness (QED) is 0.163. The van der Waals surface area contributed by atoms with Gasteiger partial charge in [0.1, 0.15) is 0 Å². The van der Waals surface area contributed by atoms with E-state index in [1.807, 2.05) is 0 Å². The Morgan fingerprint density at radius 3 is 1.05 bits per heavy atom. The van der Waals surface area contributed by atoms with Crippen molar-refractivity contribution in [3.8, 4) is 0 Å². The first-order valence-electron chi connectivity index (χ1n) is 14.1. The number of carbonyl (C=O) groups excluding carboxylic acids is 1. The molecule has 0 saturated carbocycles. The van der Waals surface area contributed by atoms with Crippen LogP contribution in [0, 0.1) is 0 Å². The van der Waals surface area contributed by atoms with E-state index in [2.05, 4.69) is 0 Å². The van der Waals surface area contributed by atoms with Crippen LogP contribution in [0.5, 0.6) is 0 Å². The van der Waals surface area contributed by atoms with Gasteiger partial charge in [0.05, 0.1) is 6.42 Å². The maximum atomic E-state index is 14.6. The van der Waals surface area contributed by atoms with E-state index >= 15 is 0 Å². The second-order valence-corrected chi connectivity index (χ2v) is 13.5. The number of alkyl halides is 26. The highest BCUT2D eigenvalue weighted by Crippen LogP contribution is 2.62. The third-order valence-corrected chi connectivity index (χ3v) is 8.37. The van der Waals surface area contributed by atoms with Gasteiger partial charge in [0, 0.05) is 30.1 Å². The smallest absolute Gasteiger partial charge is 0.339 e. The minimum atomic E-state index is -8.52. The van der Waals surface area contributed by atoms with Gasteiger partial charge in [-0.15, -0.1) is 10.3 Å². The van der Waals surface area contributed by atoms with E-state index in [0.29, 0.717) is 0 Å². The number of amides is 1. The summed E-state index contributed by atoms with van der Waals surface area (Å²) in [7, 11) is 0. The van der Waals surface area contributed by atoms with E-state index < -0.39 is 132 Å². The Kier molecular flexibility index (Phi) is 12.5. The van der Waals surface area contributed by atoms with Crippen LogP contribution in [0.1, 0.15) is 53.4 Å². The predicted molar refractivity (Wildman–Crippen MR) is 126 cm³/mol. The maximum absolute atomic E-state index is 14.6. The van der Waals surface area contributed by atoms with E-state index in [0.717, 1.165) is 27.7 Å². The number of piperidine rings is 1. The highest BCUT2D eigenvalue weighted by molar-refractivity contribution is 5.77. The van der Waals surface area contributed by atoms with Gasteiger partial charge in [-0.1, -0.05) is 0 Å². The Hall–Kier alpha value is -2.43. The molecule has 0 atom stereocenters. The summed E-state index contributed by atoms with van der Waals surface area (Å²) in [6.07, 6.45) is -25.4. The fourth-order valence-corrected chi connectivity index (χ4v) is 5.37. The minimum Gasteiger partial charge on any atom is -0.339 e. The summed E-state index contributed by atoms with van der Waals surface area (Å²) < 4.78 is 353. The summed E-state index contributed by atoms with van der Waals surface area (Å²) in [5.41, 5.74) is -4.11. The lowest BCUT2D eigenvalue weighted by Crippen LogP contribution is -2.70. The van der Waals surface area contributed by atoms with Crippen LogP contribution in [-0.2, 0) is 10.0 Å². The van der Waals surface area contributed by atoms with Crippen molar-refractivity contribution in [3.63, 3.8) is 0 Å². The molecule has 0 spiro atoms. The first-order valence-corrected chi connectivity index (χ1v) is 14.1. The Morgan fingerprint density at radius 1 is 0.491 bits per heavy atom. The first-order chi connectivity index (χ1) is 23.4. The number of carbonyl (C=O) groups is 1. The van der Waals surface area contributed by atoms with Crippen molar-refractivity contribution < 1.29 is 124 Å².